The minimum absolute atomic E-state index is 0.0765. The van der Waals surface area contributed by atoms with E-state index in [1.54, 1.807) is 18.2 Å². The highest BCUT2D eigenvalue weighted by atomic mass is 35.5. The molecule has 1 aliphatic heterocycles. The van der Waals surface area contributed by atoms with Crippen LogP contribution in [0.4, 0.5) is 0 Å². The van der Waals surface area contributed by atoms with E-state index in [1.807, 2.05) is 30.3 Å². The number of carbonyl (C=O) groups is 1. The molecule has 0 N–H and O–H groups in total. The van der Waals surface area contributed by atoms with Crippen molar-refractivity contribution in [3.8, 4) is 5.75 Å². The second-order valence-electron chi connectivity index (χ2n) is 4.28. The number of rotatable bonds is 1. The summed E-state index contributed by atoms with van der Waals surface area (Å²) < 4.78 is 5.86. The third-order valence-corrected chi connectivity index (χ3v) is 3.29. The Balaban J connectivity index is 1.97. The topological polar surface area (TPSA) is 26.3 Å². The molecule has 90 valence electrons. The molecule has 1 heterocycles. The average Bonchev–Trinajstić information content (AvgIpc) is 2.40. The van der Waals surface area contributed by atoms with Gasteiger partial charge in [-0.15, -0.1) is 0 Å². The Labute approximate surface area is 110 Å². The smallest absolute Gasteiger partial charge is 0.170 e. The molecule has 0 aromatic heterocycles. The molecule has 18 heavy (non-hydrogen) atoms. The van der Waals surface area contributed by atoms with Crippen LogP contribution in [0.5, 0.6) is 5.75 Å². The van der Waals surface area contributed by atoms with Crippen molar-refractivity contribution < 1.29 is 9.53 Å². The maximum absolute atomic E-state index is 12.1. The normalized spacial score (nSPS) is 18.1. The highest BCUT2D eigenvalue weighted by Gasteiger charge is 2.27. The summed E-state index contributed by atoms with van der Waals surface area (Å²) >= 11 is 5.89. The first kappa shape index (κ1) is 11.3. The van der Waals surface area contributed by atoms with Gasteiger partial charge < -0.3 is 4.74 Å². The zero-order chi connectivity index (χ0) is 12.5. The summed E-state index contributed by atoms with van der Waals surface area (Å²) in [6.45, 7) is 0. The summed E-state index contributed by atoms with van der Waals surface area (Å²) in [5, 5.41) is 0.559. The lowest BCUT2D eigenvalue weighted by Gasteiger charge is -2.25. The Morgan fingerprint density at radius 3 is 2.67 bits per heavy atom. The van der Waals surface area contributed by atoms with Crippen molar-refractivity contribution in [1.82, 2.24) is 0 Å². The molecule has 0 saturated heterocycles. The third-order valence-electron chi connectivity index (χ3n) is 3.05. The maximum Gasteiger partial charge on any atom is 0.170 e. The van der Waals surface area contributed by atoms with Crippen LogP contribution in [0, 0.1) is 0 Å². The molecule has 0 unspecified atom stereocenters. The summed E-state index contributed by atoms with van der Waals surface area (Å²) in [6, 6.07) is 14.9. The number of hydrogen-bond acceptors (Lipinski definition) is 2. The van der Waals surface area contributed by atoms with Crippen molar-refractivity contribution in [2.24, 2.45) is 0 Å². The fourth-order valence-corrected chi connectivity index (χ4v) is 2.32. The molecule has 1 aliphatic rings. The molecule has 2 nitrogen and oxygen atoms in total. The van der Waals surface area contributed by atoms with Gasteiger partial charge in [-0.1, -0.05) is 41.9 Å². The standard InChI is InChI=1S/C15H11ClO2/c16-11-6-7-14-12(8-11)13(17)9-15(18-14)10-4-2-1-3-5-10/h1-8,15H,9H2/t15-/m1/s1. The Hall–Kier alpha value is -1.80. The van der Waals surface area contributed by atoms with Gasteiger partial charge in [-0.25, -0.2) is 0 Å². The second kappa shape index (κ2) is 4.46. The van der Waals surface area contributed by atoms with Gasteiger partial charge >= 0.3 is 0 Å². The summed E-state index contributed by atoms with van der Waals surface area (Å²) in [4.78, 5) is 12.1. The van der Waals surface area contributed by atoms with Gasteiger partial charge in [0.25, 0.3) is 0 Å². The molecule has 3 heteroatoms. The van der Waals surface area contributed by atoms with E-state index in [0.717, 1.165) is 5.56 Å². The van der Waals surface area contributed by atoms with Crippen LogP contribution in [-0.2, 0) is 0 Å². The molecule has 0 aliphatic carbocycles. The molecule has 1 atom stereocenters. The van der Waals surface area contributed by atoms with Gasteiger partial charge in [-0.2, -0.15) is 0 Å². The molecule has 0 bridgehead atoms. The van der Waals surface area contributed by atoms with Gasteiger partial charge in [0.15, 0.2) is 5.78 Å². The monoisotopic (exact) mass is 258 g/mol. The minimum atomic E-state index is -0.202. The number of benzene rings is 2. The van der Waals surface area contributed by atoms with Crippen LogP contribution in [-0.4, -0.2) is 5.78 Å². The second-order valence-corrected chi connectivity index (χ2v) is 4.72. The summed E-state index contributed by atoms with van der Waals surface area (Å²) in [5.41, 5.74) is 1.60. The molecule has 2 aromatic rings. The van der Waals surface area contributed by atoms with Crippen molar-refractivity contribution in [2.45, 2.75) is 12.5 Å². The van der Waals surface area contributed by atoms with Crippen LogP contribution >= 0.6 is 11.6 Å². The number of hydrogen-bond donors (Lipinski definition) is 0. The van der Waals surface area contributed by atoms with Crippen LogP contribution < -0.4 is 4.74 Å². The Morgan fingerprint density at radius 1 is 1.11 bits per heavy atom. The fourth-order valence-electron chi connectivity index (χ4n) is 2.15. The van der Waals surface area contributed by atoms with Gasteiger partial charge in [-0.3, -0.25) is 4.79 Å². The molecule has 3 rings (SSSR count). The van der Waals surface area contributed by atoms with Crippen LogP contribution in [0.25, 0.3) is 0 Å². The predicted octanol–water partition coefficient (Wildman–Crippen LogP) is 4.05. The molecule has 0 amide bonds. The fraction of sp³-hybridized carbons (Fsp3) is 0.133. The molecule has 0 spiro atoms. The molecular weight excluding hydrogens is 248 g/mol. The Kier molecular flexibility index (Phi) is 2.80. The van der Waals surface area contributed by atoms with Crippen molar-refractivity contribution in [3.63, 3.8) is 0 Å². The number of carbonyl (C=O) groups excluding carboxylic acids is 1. The molecule has 0 radical (unpaired) electrons. The van der Waals surface area contributed by atoms with Gasteiger partial charge in [0.1, 0.15) is 11.9 Å². The number of Topliss-reactive ketones (excluding diaryl/α,β-unsaturated/α-hetero) is 1. The van der Waals surface area contributed by atoms with Crippen molar-refractivity contribution in [1.29, 1.82) is 0 Å². The molecule has 0 fully saturated rings. The average molecular weight is 259 g/mol. The summed E-state index contributed by atoms with van der Waals surface area (Å²) in [5.74, 6) is 0.692. The van der Waals surface area contributed by atoms with E-state index in [9.17, 15) is 4.79 Å². The van der Waals surface area contributed by atoms with E-state index in [0.29, 0.717) is 22.8 Å². The number of fused-ring (bicyclic) bond motifs is 1. The zero-order valence-electron chi connectivity index (χ0n) is 9.60. The van der Waals surface area contributed by atoms with Crippen molar-refractivity contribution >= 4 is 17.4 Å². The Morgan fingerprint density at radius 2 is 1.89 bits per heavy atom. The van der Waals surface area contributed by atoms with Crippen LogP contribution in [0.1, 0.15) is 28.4 Å². The predicted molar refractivity (Wildman–Crippen MR) is 70.2 cm³/mol. The quantitative estimate of drug-likeness (QED) is 0.771. The third kappa shape index (κ3) is 2.00. The van der Waals surface area contributed by atoms with Crippen LogP contribution in [0.3, 0.4) is 0 Å². The van der Waals surface area contributed by atoms with Gasteiger partial charge in [-0.05, 0) is 23.8 Å². The zero-order valence-corrected chi connectivity index (χ0v) is 10.4. The highest BCUT2D eigenvalue weighted by molar-refractivity contribution is 6.31. The largest absolute Gasteiger partial charge is 0.484 e. The lowest BCUT2D eigenvalue weighted by Crippen LogP contribution is -2.20. The number of ether oxygens (including phenoxy) is 1. The minimum Gasteiger partial charge on any atom is -0.484 e. The van der Waals surface area contributed by atoms with Crippen molar-refractivity contribution in [2.75, 3.05) is 0 Å². The first-order valence-electron chi connectivity index (χ1n) is 5.78. The molecule has 2 aromatic carbocycles. The first-order chi connectivity index (χ1) is 8.74. The van der Waals surface area contributed by atoms with E-state index >= 15 is 0 Å². The highest BCUT2D eigenvalue weighted by Crippen LogP contribution is 2.35. The summed E-state index contributed by atoms with van der Waals surface area (Å²) in [7, 11) is 0. The van der Waals surface area contributed by atoms with Gasteiger partial charge in [0, 0.05) is 5.02 Å². The lowest BCUT2D eigenvalue weighted by atomic mass is 9.96. The molecule has 0 saturated carbocycles. The lowest BCUT2D eigenvalue weighted by molar-refractivity contribution is 0.0850. The van der Waals surface area contributed by atoms with Gasteiger partial charge in [0.05, 0.1) is 12.0 Å². The maximum atomic E-state index is 12.1. The van der Waals surface area contributed by atoms with Crippen LogP contribution in [0.2, 0.25) is 5.02 Å². The van der Waals surface area contributed by atoms with Gasteiger partial charge in [0.2, 0.25) is 0 Å². The number of ketones is 1. The van der Waals surface area contributed by atoms with E-state index in [-0.39, 0.29) is 11.9 Å². The van der Waals surface area contributed by atoms with Crippen LogP contribution in [0.15, 0.2) is 48.5 Å². The first-order valence-corrected chi connectivity index (χ1v) is 6.16. The van der Waals surface area contributed by atoms with E-state index in [4.69, 9.17) is 16.3 Å². The van der Waals surface area contributed by atoms with Crippen molar-refractivity contribution in [3.05, 3.63) is 64.7 Å². The number of halogens is 1. The van der Waals surface area contributed by atoms with E-state index in [2.05, 4.69) is 0 Å². The summed E-state index contributed by atoms with van der Waals surface area (Å²) in [6.07, 6.45) is 0.157. The Bertz CT molecular complexity index is 593. The van der Waals surface area contributed by atoms with E-state index in [1.165, 1.54) is 0 Å². The van der Waals surface area contributed by atoms with E-state index < -0.39 is 0 Å². The SMILES string of the molecule is O=C1C[C@H](c2ccccc2)Oc2ccc(Cl)cc21. The molecular formula is C15H11ClO2.